The highest BCUT2D eigenvalue weighted by Gasteiger charge is 2.20. The quantitative estimate of drug-likeness (QED) is 0.848. The number of nitriles is 2. The van der Waals surface area contributed by atoms with Crippen LogP contribution in [0.1, 0.15) is 17.0 Å². The van der Waals surface area contributed by atoms with Crippen LogP contribution in [0.25, 0.3) is 0 Å². The van der Waals surface area contributed by atoms with Gasteiger partial charge in [0, 0.05) is 44.4 Å². The fourth-order valence-corrected chi connectivity index (χ4v) is 2.72. The van der Waals surface area contributed by atoms with Crippen LogP contribution in [-0.4, -0.2) is 41.0 Å². The molecule has 0 N–H and O–H groups in total. The maximum Gasteiger partial charge on any atom is 0.179 e. The molecule has 1 fully saturated rings. The molecule has 0 bridgehead atoms. The van der Waals surface area contributed by atoms with Gasteiger partial charge in [-0.3, -0.25) is 4.90 Å². The van der Waals surface area contributed by atoms with E-state index >= 15 is 0 Å². The van der Waals surface area contributed by atoms with Gasteiger partial charge in [0.15, 0.2) is 11.4 Å². The molecule has 0 spiro atoms. The van der Waals surface area contributed by atoms with Crippen LogP contribution >= 0.6 is 0 Å². The second-order valence-electron chi connectivity index (χ2n) is 5.65. The van der Waals surface area contributed by atoms with Crippen LogP contribution in [-0.2, 0) is 6.54 Å². The summed E-state index contributed by atoms with van der Waals surface area (Å²) in [7, 11) is 0. The average Bonchev–Trinajstić information content (AvgIpc) is 2.64. The summed E-state index contributed by atoms with van der Waals surface area (Å²) in [5.41, 5.74) is 0.479. The monoisotopic (exact) mass is 340 g/mol. The zero-order valence-corrected chi connectivity index (χ0v) is 13.3. The van der Waals surface area contributed by atoms with Crippen molar-refractivity contribution in [1.29, 1.82) is 10.5 Å². The molecule has 8 heteroatoms. The van der Waals surface area contributed by atoms with Crippen LogP contribution in [0.5, 0.6) is 0 Å². The van der Waals surface area contributed by atoms with E-state index in [2.05, 4.69) is 14.9 Å². The van der Waals surface area contributed by atoms with E-state index in [9.17, 15) is 8.78 Å². The van der Waals surface area contributed by atoms with Crippen molar-refractivity contribution in [2.75, 3.05) is 31.1 Å². The number of anilines is 1. The van der Waals surface area contributed by atoms with Gasteiger partial charge in [0.05, 0.1) is 6.20 Å². The number of hydrogen-bond acceptors (Lipinski definition) is 6. The Morgan fingerprint density at radius 1 is 1.04 bits per heavy atom. The van der Waals surface area contributed by atoms with E-state index in [1.165, 1.54) is 18.3 Å². The molecule has 2 aromatic rings. The lowest BCUT2D eigenvalue weighted by molar-refractivity contribution is 0.246. The maximum atomic E-state index is 13.7. The molecule has 0 radical (unpaired) electrons. The fraction of sp³-hybridized carbons (Fsp3) is 0.294. The number of nitrogens with zero attached hydrogens (tertiary/aromatic N) is 6. The zero-order valence-electron chi connectivity index (χ0n) is 13.3. The Morgan fingerprint density at radius 2 is 1.76 bits per heavy atom. The van der Waals surface area contributed by atoms with Gasteiger partial charge in [-0.2, -0.15) is 10.5 Å². The Balaban J connectivity index is 1.64. The SMILES string of the molecule is N#Cc1ncc(N2CCN(Cc3ccc(F)cc3F)CC2)nc1C#N. The highest BCUT2D eigenvalue weighted by molar-refractivity contribution is 5.44. The molecule has 2 heterocycles. The third kappa shape index (κ3) is 3.70. The van der Waals surface area contributed by atoms with E-state index in [1.54, 1.807) is 0 Å². The highest BCUT2D eigenvalue weighted by atomic mass is 19.1. The largest absolute Gasteiger partial charge is 0.353 e. The summed E-state index contributed by atoms with van der Waals surface area (Å²) in [6, 6.07) is 7.31. The molecule has 0 unspecified atom stereocenters. The number of piperazine rings is 1. The number of benzene rings is 1. The Labute approximate surface area is 143 Å². The minimum atomic E-state index is -0.584. The maximum absolute atomic E-state index is 13.7. The van der Waals surface area contributed by atoms with Gasteiger partial charge in [0.2, 0.25) is 0 Å². The minimum absolute atomic E-state index is 0.0100. The van der Waals surface area contributed by atoms with Crippen LogP contribution in [0.4, 0.5) is 14.6 Å². The number of rotatable bonds is 3. The van der Waals surface area contributed by atoms with Crippen molar-refractivity contribution < 1.29 is 8.78 Å². The first kappa shape index (κ1) is 16.7. The van der Waals surface area contributed by atoms with Crippen LogP contribution in [0.15, 0.2) is 24.4 Å². The van der Waals surface area contributed by atoms with Gasteiger partial charge in [-0.1, -0.05) is 6.07 Å². The van der Waals surface area contributed by atoms with E-state index in [4.69, 9.17) is 10.5 Å². The molecule has 3 rings (SSSR count). The lowest BCUT2D eigenvalue weighted by atomic mass is 10.2. The summed E-state index contributed by atoms with van der Waals surface area (Å²) in [5, 5.41) is 17.9. The molecule has 1 aliphatic rings. The Hall–Kier alpha value is -3.10. The predicted molar refractivity (Wildman–Crippen MR) is 85.3 cm³/mol. The van der Waals surface area contributed by atoms with Crippen molar-refractivity contribution in [3.63, 3.8) is 0 Å². The molecule has 25 heavy (non-hydrogen) atoms. The molecule has 0 saturated carbocycles. The Kier molecular flexibility index (Phi) is 4.82. The molecule has 1 aromatic carbocycles. The van der Waals surface area contributed by atoms with Gasteiger partial charge in [0.25, 0.3) is 0 Å². The van der Waals surface area contributed by atoms with Crippen molar-refractivity contribution in [3.8, 4) is 12.1 Å². The minimum Gasteiger partial charge on any atom is -0.353 e. The fourth-order valence-electron chi connectivity index (χ4n) is 2.72. The number of hydrogen-bond donors (Lipinski definition) is 0. The van der Waals surface area contributed by atoms with E-state index < -0.39 is 11.6 Å². The van der Waals surface area contributed by atoms with Crippen LogP contribution < -0.4 is 4.90 Å². The van der Waals surface area contributed by atoms with E-state index in [0.717, 1.165) is 6.07 Å². The first-order valence-corrected chi connectivity index (χ1v) is 7.69. The Bertz CT molecular complexity index is 862. The molecule has 0 aliphatic carbocycles. The van der Waals surface area contributed by atoms with Crippen molar-refractivity contribution >= 4 is 5.82 Å². The summed E-state index contributed by atoms with van der Waals surface area (Å²) in [5.74, 6) is -0.582. The van der Waals surface area contributed by atoms with Crippen molar-refractivity contribution in [2.45, 2.75) is 6.54 Å². The van der Waals surface area contributed by atoms with E-state index in [0.29, 0.717) is 44.1 Å². The summed E-state index contributed by atoms with van der Waals surface area (Å²) >= 11 is 0. The summed E-state index contributed by atoms with van der Waals surface area (Å²) in [6.45, 7) is 3.01. The first-order valence-electron chi connectivity index (χ1n) is 7.69. The highest BCUT2D eigenvalue weighted by Crippen LogP contribution is 2.17. The van der Waals surface area contributed by atoms with Crippen LogP contribution in [0, 0.1) is 34.3 Å². The van der Waals surface area contributed by atoms with Crippen LogP contribution in [0.3, 0.4) is 0 Å². The van der Waals surface area contributed by atoms with Gasteiger partial charge < -0.3 is 4.90 Å². The Morgan fingerprint density at radius 3 is 2.40 bits per heavy atom. The van der Waals surface area contributed by atoms with Crippen LogP contribution in [0.2, 0.25) is 0 Å². The molecular weight excluding hydrogens is 326 g/mol. The standard InChI is InChI=1S/C17H14F2N6/c18-13-2-1-12(14(19)7-13)11-24-3-5-25(6-4-24)17-10-22-15(8-20)16(9-21)23-17/h1-2,7,10H,3-6,11H2. The molecule has 1 aliphatic heterocycles. The van der Waals surface area contributed by atoms with Gasteiger partial charge >= 0.3 is 0 Å². The second kappa shape index (κ2) is 7.20. The van der Waals surface area contributed by atoms with Gasteiger partial charge in [-0.25, -0.2) is 18.7 Å². The third-order valence-corrected chi connectivity index (χ3v) is 4.08. The topological polar surface area (TPSA) is 79.8 Å². The molecule has 6 nitrogen and oxygen atoms in total. The van der Waals surface area contributed by atoms with Gasteiger partial charge in [-0.15, -0.1) is 0 Å². The summed E-state index contributed by atoms with van der Waals surface area (Å²) in [4.78, 5) is 12.2. The predicted octanol–water partition coefficient (Wildman–Crippen LogP) is 1.82. The zero-order chi connectivity index (χ0) is 17.8. The lowest BCUT2D eigenvalue weighted by Gasteiger charge is -2.35. The summed E-state index contributed by atoms with van der Waals surface area (Å²) < 4.78 is 26.7. The average molecular weight is 340 g/mol. The molecule has 0 atom stereocenters. The van der Waals surface area contributed by atoms with Crippen molar-refractivity contribution in [2.24, 2.45) is 0 Å². The molecule has 0 amide bonds. The van der Waals surface area contributed by atoms with Gasteiger partial charge in [0.1, 0.15) is 29.6 Å². The molecular formula is C17H14F2N6. The van der Waals surface area contributed by atoms with Gasteiger partial charge in [-0.05, 0) is 6.07 Å². The number of aromatic nitrogens is 2. The molecule has 1 saturated heterocycles. The molecule has 1 aromatic heterocycles. The van der Waals surface area contributed by atoms with E-state index in [-0.39, 0.29) is 11.4 Å². The lowest BCUT2D eigenvalue weighted by Crippen LogP contribution is -2.46. The van der Waals surface area contributed by atoms with Crippen molar-refractivity contribution in [3.05, 3.63) is 53.0 Å². The van der Waals surface area contributed by atoms with Crippen molar-refractivity contribution in [1.82, 2.24) is 14.9 Å². The summed E-state index contributed by atoms with van der Waals surface area (Å²) in [6.07, 6.45) is 1.48. The third-order valence-electron chi connectivity index (χ3n) is 4.08. The smallest absolute Gasteiger partial charge is 0.179 e. The van der Waals surface area contributed by atoms with E-state index in [1.807, 2.05) is 17.0 Å². The molecule has 126 valence electrons. The normalized spacial score (nSPS) is 14.8. The second-order valence-corrected chi connectivity index (χ2v) is 5.65. The number of halogens is 2. The first-order chi connectivity index (χ1) is 12.1.